The number of fused-ring (bicyclic) bond motifs is 2. The summed E-state index contributed by atoms with van der Waals surface area (Å²) < 4.78 is 21.6. The fraction of sp³-hybridized carbons (Fsp3) is 0.278. The highest BCUT2D eigenvalue weighted by atomic mass is 35.5. The smallest absolute Gasteiger partial charge is 0.259 e. The Hall–Kier alpha value is -3.07. The van der Waals surface area contributed by atoms with Gasteiger partial charge in [-0.05, 0) is 32.0 Å². The number of nitrogens with two attached hydrogens (primary N) is 1. The molecule has 1 aliphatic heterocycles. The van der Waals surface area contributed by atoms with E-state index < -0.39 is 17.8 Å². The number of rotatable bonds is 1. The van der Waals surface area contributed by atoms with Gasteiger partial charge in [-0.25, -0.2) is 13.9 Å². The van der Waals surface area contributed by atoms with E-state index >= 15 is 0 Å². The summed E-state index contributed by atoms with van der Waals surface area (Å²) in [6, 6.07) is 4.45. The Balaban J connectivity index is 2.01. The van der Waals surface area contributed by atoms with E-state index in [1.807, 2.05) is 6.92 Å². The van der Waals surface area contributed by atoms with Crippen molar-refractivity contribution in [2.75, 3.05) is 23.7 Å². The highest BCUT2D eigenvalue weighted by Crippen LogP contribution is 2.41. The molecule has 8 nitrogen and oxygen atoms in total. The largest absolute Gasteiger partial charge is 0.487 e. The van der Waals surface area contributed by atoms with Crippen molar-refractivity contribution in [3.63, 3.8) is 0 Å². The average molecular weight is 405 g/mol. The zero-order valence-corrected chi connectivity index (χ0v) is 16.0. The molecule has 1 aromatic carbocycles. The van der Waals surface area contributed by atoms with Crippen molar-refractivity contribution in [1.82, 2.24) is 19.9 Å². The van der Waals surface area contributed by atoms with Crippen molar-refractivity contribution in [3.8, 4) is 5.75 Å². The minimum absolute atomic E-state index is 0.0671. The van der Waals surface area contributed by atoms with Gasteiger partial charge in [-0.2, -0.15) is 0 Å². The van der Waals surface area contributed by atoms with Crippen LogP contribution in [0, 0.1) is 5.82 Å². The minimum Gasteiger partial charge on any atom is -0.487 e. The number of carbonyl (C=O) groups excluding carboxylic acids is 1. The van der Waals surface area contributed by atoms with E-state index in [9.17, 15) is 9.18 Å². The fourth-order valence-electron chi connectivity index (χ4n) is 3.19. The monoisotopic (exact) mass is 404 g/mol. The number of nitrogens with zero attached hydrogens (tertiary/aromatic N) is 4. The molecule has 2 bridgehead atoms. The second-order valence-electron chi connectivity index (χ2n) is 6.41. The molecule has 28 heavy (non-hydrogen) atoms. The van der Waals surface area contributed by atoms with Crippen LogP contribution in [0.3, 0.4) is 0 Å². The maximum Gasteiger partial charge on any atom is 0.259 e. The van der Waals surface area contributed by atoms with E-state index in [0.717, 1.165) is 0 Å². The third-order valence-corrected chi connectivity index (χ3v) is 4.86. The number of hydrogen-bond donors (Lipinski definition) is 2. The quantitative estimate of drug-likeness (QED) is 0.647. The van der Waals surface area contributed by atoms with E-state index in [1.165, 1.54) is 16.6 Å². The normalized spacial score (nSPS) is 16.9. The van der Waals surface area contributed by atoms with E-state index in [4.69, 9.17) is 22.1 Å². The number of aromatic nitrogens is 3. The number of nitrogen functional groups attached to an aromatic ring is 1. The van der Waals surface area contributed by atoms with Gasteiger partial charge in [-0.1, -0.05) is 11.6 Å². The van der Waals surface area contributed by atoms with Crippen LogP contribution < -0.4 is 20.7 Å². The lowest BCUT2D eigenvalue weighted by molar-refractivity contribution is 0.0934. The number of nitrogens with one attached hydrogen (secondary N) is 1. The molecular formula is C18H18ClFN6O2. The second kappa shape index (κ2) is 6.83. The van der Waals surface area contributed by atoms with Crippen LogP contribution in [0.15, 0.2) is 24.4 Å². The summed E-state index contributed by atoms with van der Waals surface area (Å²) in [5.41, 5.74) is 6.78. The molecule has 0 radical (unpaired) electrons. The summed E-state index contributed by atoms with van der Waals surface area (Å²) in [5, 5.41) is 6.84. The molecule has 3 heterocycles. The predicted molar refractivity (Wildman–Crippen MR) is 104 cm³/mol. The molecule has 0 aliphatic carbocycles. The van der Waals surface area contributed by atoms with E-state index in [-0.39, 0.29) is 22.9 Å². The van der Waals surface area contributed by atoms with Crippen LogP contribution in [-0.4, -0.2) is 39.7 Å². The Labute approximate surface area is 165 Å². The van der Waals surface area contributed by atoms with Gasteiger partial charge < -0.3 is 20.7 Å². The molecule has 1 atom stereocenters. The average Bonchev–Trinajstić information content (AvgIpc) is 3.00. The second-order valence-corrected chi connectivity index (χ2v) is 6.78. The lowest BCUT2D eigenvalue weighted by Crippen LogP contribution is -2.34. The van der Waals surface area contributed by atoms with Gasteiger partial charge in [-0.15, -0.1) is 5.10 Å². The molecular weight excluding hydrogens is 387 g/mol. The fourth-order valence-corrected chi connectivity index (χ4v) is 3.45. The van der Waals surface area contributed by atoms with Crippen LogP contribution in [0.5, 0.6) is 5.75 Å². The SMILES string of the molecule is CCN1c2ccn3nc(N)c(c3n2)C(=O)NCC(C)Oc2ccc(F)c(Cl)c21. The number of amides is 1. The Morgan fingerprint density at radius 2 is 2.21 bits per heavy atom. The lowest BCUT2D eigenvalue weighted by atomic mass is 10.2. The molecule has 0 spiro atoms. The standard InChI is InChI=1S/C18H18ClFN6O2/c1-3-25-12-6-7-26-17(23-12)13(16(21)24-26)18(27)22-8-9(2)28-11-5-4-10(20)14(19)15(11)25/h4-7,9H,3,8H2,1-2H3,(H2,21,24)(H,22,27). The Bertz CT molecular complexity index is 1090. The highest BCUT2D eigenvalue weighted by Gasteiger charge is 2.26. The van der Waals surface area contributed by atoms with E-state index in [2.05, 4.69) is 15.4 Å². The molecule has 146 valence electrons. The van der Waals surface area contributed by atoms with Crippen molar-refractivity contribution < 1.29 is 13.9 Å². The van der Waals surface area contributed by atoms with Gasteiger partial charge in [0.1, 0.15) is 39.8 Å². The maximum atomic E-state index is 14.3. The van der Waals surface area contributed by atoms with Gasteiger partial charge >= 0.3 is 0 Å². The first kappa shape index (κ1) is 18.3. The third kappa shape index (κ3) is 2.88. The van der Waals surface area contributed by atoms with Crippen molar-refractivity contribution >= 4 is 40.5 Å². The zero-order valence-electron chi connectivity index (χ0n) is 15.2. The van der Waals surface area contributed by atoms with Crippen molar-refractivity contribution in [3.05, 3.63) is 40.8 Å². The molecule has 0 saturated heterocycles. The van der Waals surface area contributed by atoms with Crippen LogP contribution in [0.2, 0.25) is 5.02 Å². The number of hydrogen-bond acceptors (Lipinski definition) is 6. The van der Waals surface area contributed by atoms with Crippen molar-refractivity contribution in [2.45, 2.75) is 20.0 Å². The van der Waals surface area contributed by atoms with Crippen LogP contribution in [0.4, 0.5) is 21.7 Å². The zero-order chi connectivity index (χ0) is 20.0. The summed E-state index contributed by atoms with van der Waals surface area (Å²) in [6.45, 7) is 4.31. The maximum absolute atomic E-state index is 14.3. The van der Waals surface area contributed by atoms with E-state index in [0.29, 0.717) is 29.4 Å². The highest BCUT2D eigenvalue weighted by molar-refractivity contribution is 6.34. The van der Waals surface area contributed by atoms with Crippen LogP contribution in [0.1, 0.15) is 24.2 Å². The van der Waals surface area contributed by atoms with Crippen molar-refractivity contribution in [1.29, 1.82) is 0 Å². The molecule has 0 fully saturated rings. The number of anilines is 3. The molecule has 1 amide bonds. The molecule has 1 unspecified atom stereocenters. The number of benzene rings is 1. The number of halogens is 2. The van der Waals surface area contributed by atoms with Gasteiger partial charge in [0, 0.05) is 12.7 Å². The van der Waals surface area contributed by atoms with Crippen LogP contribution >= 0.6 is 11.6 Å². The first-order valence-corrected chi connectivity index (χ1v) is 9.13. The summed E-state index contributed by atoms with van der Waals surface area (Å²) in [6.07, 6.45) is 1.23. The Kier molecular flexibility index (Phi) is 4.46. The van der Waals surface area contributed by atoms with Gasteiger partial charge in [0.2, 0.25) is 0 Å². The molecule has 2 aromatic heterocycles. The van der Waals surface area contributed by atoms with Crippen molar-refractivity contribution in [2.24, 2.45) is 0 Å². The third-order valence-electron chi connectivity index (χ3n) is 4.50. The summed E-state index contributed by atoms with van der Waals surface area (Å²) in [7, 11) is 0. The Morgan fingerprint density at radius 3 is 2.96 bits per heavy atom. The Morgan fingerprint density at radius 1 is 1.43 bits per heavy atom. The van der Waals surface area contributed by atoms with Gasteiger partial charge in [0.05, 0.1) is 6.54 Å². The minimum atomic E-state index is -0.564. The van der Waals surface area contributed by atoms with Crippen LogP contribution in [0.25, 0.3) is 5.65 Å². The molecule has 3 aromatic rings. The van der Waals surface area contributed by atoms with Gasteiger partial charge in [-0.3, -0.25) is 4.79 Å². The summed E-state index contributed by atoms with van der Waals surface area (Å²) in [4.78, 5) is 18.9. The molecule has 4 rings (SSSR count). The topological polar surface area (TPSA) is 97.8 Å². The summed E-state index contributed by atoms with van der Waals surface area (Å²) >= 11 is 6.31. The van der Waals surface area contributed by atoms with Gasteiger partial charge in [0.25, 0.3) is 5.91 Å². The molecule has 1 aliphatic rings. The molecule has 0 saturated carbocycles. The molecule has 3 N–H and O–H groups in total. The van der Waals surface area contributed by atoms with E-state index in [1.54, 1.807) is 24.1 Å². The first-order valence-electron chi connectivity index (χ1n) is 8.76. The molecule has 10 heteroatoms. The number of carbonyl (C=O) groups is 1. The summed E-state index contributed by atoms with van der Waals surface area (Å²) in [5.74, 6) is -0.0419. The lowest BCUT2D eigenvalue weighted by Gasteiger charge is -2.27. The van der Waals surface area contributed by atoms with Crippen LogP contribution in [-0.2, 0) is 0 Å². The predicted octanol–water partition coefficient (Wildman–Crippen LogP) is 2.77. The number of ether oxygens (including phenoxy) is 1. The first-order chi connectivity index (χ1) is 13.4. The van der Waals surface area contributed by atoms with Gasteiger partial charge in [0.15, 0.2) is 11.5 Å².